The molecule has 0 radical (unpaired) electrons. The van der Waals surface area contributed by atoms with E-state index >= 15 is 0 Å². The highest BCUT2D eigenvalue weighted by Gasteiger charge is 2.15. The van der Waals surface area contributed by atoms with Crippen molar-refractivity contribution < 1.29 is 19.1 Å². The van der Waals surface area contributed by atoms with Gasteiger partial charge < -0.3 is 15.4 Å². The van der Waals surface area contributed by atoms with Gasteiger partial charge in [-0.25, -0.2) is 4.79 Å². The van der Waals surface area contributed by atoms with Crippen LogP contribution in [0.3, 0.4) is 0 Å². The molecule has 2 amide bonds. The fourth-order valence-corrected chi connectivity index (χ4v) is 2.74. The first-order valence-electron chi connectivity index (χ1n) is 8.46. The van der Waals surface area contributed by atoms with E-state index < -0.39 is 18.5 Å². The lowest BCUT2D eigenvalue weighted by atomic mass is 10.1. The predicted octanol–water partition coefficient (Wildman–Crippen LogP) is 3.47. The maximum atomic E-state index is 12.3. The first kappa shape index (κ1) is 20.9. The van der Waals surface area contributed by atoms with E-state index in [4.69, 9.17) is 4.74 Å². The monoisotopic (exact) mass is 480 g/mol. The zero-order valence-corrected chi connectivity index (χ0v) is 17.3. The Morgan fingerprint density at radius 3 is 2.52 bits per heavy atom. The number of carbonyl (C=O) groups excluding carboxylic acids is 3. The van der Waals surface area contributed by atoms with Crippen LogP contribution in [0, 0.1) is 9.49 Å². The van der Waals surface area contributed by atoms with Crippen LogP contribution in [0.25, 0.3) is 0 Å². The van der Waals surface area contributed by atoms with Gasteiger partial charge in [0.15, 0.2) is 6.61 Å². The molecule has 6 nitrogen and oxygen atoms in total. The Kier molecular flexibility index (Phi) is 7.78. The van der Waals surface area contributed by atoms with Crippen molar-refractivity contribution >= 4 is 46.1 Å². The number of ether oxygens (including phenoxy) is 1. The molecule has 0 unspecified atom stereocenters. The van der Waals surface area contributed by atoms with Crippen molar-refractivity contribution in [3.8, 4) is 0 Å². The van der Waals surface area contributed by atoms with Gasteiger partial charge in [-0.1, -0.05) is 32.0 Å². The molecular weight excluding hydrogens is 459 g/mol. The van der Waals surface area contributed by atoms with Crippen molar-refractivity contribution in [2.45, 2.75) is 13.8 Å². The molecular formula is C20H21IN2O4. The van der Waals surface area contributed by atoms with Crippen molar-refractivity contribution in [3.63, 3.8) is 0 Å². The Bertz CT molecular complexity index is 836. The van der Waals surface area contributed by atoms with Gasteiger partial charge in [-0.05, 0) is 58.8 Å². The largest absolute Gasteiger partial charge is 0.452 e. The SMILES string of the molecule is CC(C)CNC(=O)c1ccccc1NC(=O)COC(=O)c1cccc(I)c1. The molecule has 2 aromatic carbocycles. The summed E-state index contributed by atoms with van der Waals surface area (Å²) in [5, 5.41) is 5.43. The molecule has 0 saturated carbocycles. The molecule has 0 spiro atoms. The number of halogens is 1. The lowest BCUT2D eigenvalue weighted by Gasteiger charge is -2.12. The van der Waals surface area contributed by atoms with Gasteiger partial charge in [0.2, 0.25) is 0 Å². The third-order valence-electron chi connectivity index (χ3n) is 3.51. The molecule has 0 aliphatic heterocycles. The highest BCUT2D eigenvalue weighted by molar-refractivity contribution is 14.1. The normalized spacial score (nSPS) is 10.4. The van der Waals surface area contributed by atoms with E-state index in [-0.39, 0.29) is 5.91 Å². The first-order valence-corrected chi connectivity index (χ1v) is 9.54. The third kappa shape index (κ3) is 6.67. The minimum absolute atomic E-state index is 0.268. The molecule has 142 valence electrons. The number of esters is 1. The molecule has 2 N–H and O–H groups in total. The van der Waals surface area contributed by atoms with Crippen molar-refractivity contribution in [3.05, 3.63) is 63.2 Å². The summed E-state index contributed by atoms with van der Waals surface area (Å²) in [5.41, 5.74) is 1.10. The van der Waals surface area contributed by atoms with Gasteiger partial charge >= 0.3 is 5.97 Å². The van der Waals surface area contributed by atoms with Crippen LogP contribution in [0.5, 0.6) is 0 Å². The Labute approximate surface area is 171 Å². The minimum Gasteiger partial charge on any atom is -0.452 e. The summed E-state index contributed by atoms with van der Waals surface area (Å²) in [5.74, 6) is -1.05. The number of anilines is 1. The second-order valence-electron chi connectivity index (χ2n) is 6.28. The third-order valence-corrected chi connectivity index (χ3v) is 4.18. The van der Waals surface area contributed by atoms with Gasteiger partial charge in [-0.15, -0.1) is 0 Å². The van der Waals surface area contributed by atoms with Crippen LogP contribution >= 0.6 is 22.6 Å². The van der Waals surface area contributed by atoms with Crippen molar-refractivity contribution in [1.29, 1.82) is 0 Å². The molecule has 2 rings (SSSR count). The summed E-state index contributed by atoms with van der Waals surface area (Å²) >= 11 is 2.09. The fourth-order valence-electron chi connectivity index (χ4n) is 2.20. The molecule has 0 aliphatic carbocycles. The number of hydrogen-bond acceptors (Lipinski definition) is 4. The molecule has 0 bridgehead atoms. The van der Waals surface area contributed by atoms with Gasteiger partial charge in [0.25, 0.3) is 11.8 Å². The van der Waals surface area contributed by atoms with E-state index in [1.807, 2.05) is 19.9 Å². The van der Waals surface area contributed by atoms with Crippen molar-refractivity contribution in [2.75, 3.05) is 18.5 Å². The molecule has 27 heavy (non-hydrogen) atoms. The van der Waals surface area contributed by atoms with Gasteiger partial charge in [-0.3, -0.25) is 9.59 Å². The van der Waals surface area contributed by atoms with Crippen LogP contribution in [0.15, 0.2) is 48.5 Å². The number of hydrogen-bond donors (Lipinski definition) is 2. The van der Waals surface area contributed by atoms with E-state index in [1.165, 1.54) is 0 Å². The molecule has 0 heterocycles. The van der Waals surface area contributed by atoms with Crippen molar-refractivity contribution in [2.24, 2.45) is 5.92 Å². The number of para-hydroxylation sites is 1. The lowest BCUT2D eigenvalue weighted by Crippen LogP contribution is -2.29. The zero-order valence-electron chi connectivity index (χ0n) is 15.1. The average Bonchev–Trinajstić information content (AvgIpc) is 2.64. The second kappa shape index (κ2) is 10.1. The van der Waals surface area contributed by atoms with Crippen LogP contribution in [0.1, 0.15) is 34.6 Å². The minimum atomic E-state index is -0.577. The summed E-state index contributed by atoms with van der Waals surface area (Å²) in [6.07, 6.45) is 0. The van der Waals surface area contributed by atoms with E-state index in [2.05, 4.69) is 33.2 Å². The average molecular weight is 480 g/mol. The van der Waals surface area contributed by atoms with Crippen LogP contribution in [0.2, 0.25) is 0 Å². The molecule has 2 aromatic rings. The number of amides is 2. The Morgan fingerprint density at radius 2 is 1.81 bits per heavy atom. The number of benzene rings is 2. The molecule has 0 saturated heterocycles. The quantitative estimate of drug-likeness (QED) is 0.470. The number of carbonyl (C=O) groups is 3. The molecule has 0 atom stereocenters. The zero-order chi connectivity index (χ0) is 19.8. The molecule has 0 aliphatic rings. The number of nitrogens with one attached hydrogen (secondary N) is 2. The van der Waals surface area contributed by atoms with E-state index in [1.54, 1.807) is 42.5 Å². The first-order chi connectivity index (χ1) is 12.9. The maximum Gasteiger partial charge on any atom is 0.338 e. The van der Waals surface area contributed by atoms with Crippen molar-refractivity contribution in [1.82, 2.24) is 5.32 Å². The molecule has 7 heteroatoms. The maximum absolute atomic E-state index is 12.3. The van der Waals surface area contributed by atoms with Crippen LogP contribution in [0.4, 0.5) is 5.69 Å². The Hall–Kier alpha value is -2.42. The Morgan fingerprint density at radius 1 is 1.07 bits per heavy atom. The summed E-state index contributed by atoms with van der Waals surface area (Å²) in [6.45, 7) is 4.09. The van der Waals surface area contributed by atoms with E-state index in [0.717, 1.165) is 3.57 Å². The lowest BCUT2D eigenvalue weighted by molar-refractivity contribution is -0.119. The Balaban J connectivity index is 1.95. The predicted molar refractivity (Wildman–Crippen MR) is 112 cm³/mol. The van der Waals surface area contributed by atoms with Crippen LogP contribution in [-0.4, -0.2) is 30.9 Å². The smallest absolute Gasteiger partial charge is 0.338 e. The van der Waals surface area contributed by atoms with Crippen LogP contribution in [-0.2, 0) is 9.53 Å². The second-order valence-corrected chi connectivity index (χ2v) is 7.53. The molecule has 0 aromatic heterocycles. The van der Waals surface area contributed by atoms with E-state index in [0.29, 0.717) is 29.3 Å². The van der Waals surface area contributed by atoms with Gasteiger partial charge in [0, 0.05) is 10.1 Å². The topological polar surface area (TPSA) is 84.5 Å². The highest BCUT2D eigenvalue weighted by atomic mass is 127. The van der Waals surface area contributed by atoms with Gasteiger partial charge in [-0.2, -0.15) is 0 Å². The summed E-state index contributed by atoms with van der Waals surface area (Å²) in [6, 6.07) is 13.6. The highest BCUT2D eigenvalue weighted by Crippen LogP contribution is 2.15. The van der Waals surface area contributed by atoms with E-state index in [9.17, 15) is 14.4 Å². The summed E-state index contributed by atoms with van der Waals surface area (Å²) < 4.78 is 5.94. The summed E-state index contributed by atoms with van der Waals surface area (Å²) in [4.78, 5) is 36.4. The standard InChI is InChI=1S/C20H21IN2O4/c1-13(2)11-22-19(25)16-8-3-4-9-17(16)23-18(24)12-27-20(26)14-6-5-7-15(21)10-14/h3-10,13H,11-12H2,1-2H3,(H,22,25)(H,23,24). The van der Waals surface area contributed by atoms with Gasteiger partial charge in [0.05, 0.1) is 16.8 Å². The fraction of sp³-hybridized carbons (Fsp3) is 0.250. The molecule has 0 fully saturated rings. The van der Waals surface area contributed by atoms with Crippen LogP contribution < -0.4 is 10.6 Å². The number of rotatable bonds is 7. The summed E-state index contributed by atoms with van der Waals surface area (Å²) in [7, 11) is 0. The van der Waals surface area contributed by atoms with Gasteiger partial charge in [0.1, 0.15) is 0 Å².